The average molecular weight is 470 g/mol. The molecule has 1 aliphatic heterocycles. The molecule has 0 spiro atoms. The van der Waals surface area contributed by atoms with Gasteiger partial charge in [-0.2, -0.15) is 9.78 Å². The number of aromatic nitrogens is 2. The number of unbranched alkanes of at least 4 members (excludes halogenated alkanes) is 1. The third-order valence-corrected chi connectivity index (χ3v) is 7.08. The smallest absolute Gasteiger partial charge is 0.267 e. The molecule has 1 atom stereocenters. The van der Waals surface area contributed by atoms with Crippen LogP contribution in [0.2, 0.25) is 0 Å². The molecule has 0 fully saturated rings. The lowest BCUT2D eigenvalue weighted by Crippen LogP contribution is -2.23. The SMILES string of the molecule is CCc1cccc(CCCCc2cc(=O)n3c(n2)C(C)CCC(c2ccc(C(C)(C)C)cc2)=N3)c1. The molecule has 184 valence electrons. The van der Waals surface area contributed by atoms with Crippen molar-refractivity contribution in [3.05, 3.63) is 98.7 Å². The van der Waals surface area contributed by atoms with Crippen LogP contribution in [0.5, 0.6) is 0 Å². The summed E-state index contributed by atoms with van der Waals surface area (Å²) in [7, 11) is 0. The number of rotatable bonds is 7. The number of nitrogens with zero attached hydrogens (tertiary/aromatic N) is 3. The third kappa shape index (κ3) is 6.17. The van der Waals surface area contributed by atoms with Gasteiger partial charge in [0.25, 0.3) is 5.56 Å². The lowest BCUT2D eigenvalue weighted by molar-refractivity contribution is 0.590. The molecule has 0 N–H and O–H groups in total. The highest BCUT2D eigenvalue weighted by Gasteiger charge is 2.21. The molecule has 1 aliphatic rings. The zero-order chi connectivity index (χ0) is 25.0. The van der Waals surface area contributed by atoms with Gasteiger partial charge >= 0.3 is 0 Å². The zero-order valence-electron chi connectivity index (χ0n) is 22.0. The Morgan fingerprint density at radius 2 is 1.69 bits per heavy atom. The number of fused-ring (bicyclic) bond motifs is 1. The lowest BCUT2D eigenvalue weighted by atomic mass is 9.86. The predicted octanol–water partition coefficient (Wildman–Crippen LogP) is 6.82. The van der Waals surface area contributed by atoms with Crippen molar-refractivity contribution in [3.8, 4) is 0 Å². The normalized spacial score (nSPS) is 15.9. The van der Waals surface area contributed by atoms with Gasteiger partial charge in [0, 0.05) is 17.7 Å². The largest absolute Gasteiger partial charge is 0.274 e. The first-order valence-corrected chi connectivity index (χ1v) is 13.1. The molecule has 0 aliphatic carbocycles. The monoisotopic (exact) mass is 469 g/mol. The van der Waals surface area contributed by atoms with E-state index in [2.05, 4.69) is 83.1 Å². The first kappa shape index (κ1) is 25.1. The molecule has 0 bridgehead atoms. The Kier molecular flexibility index (Phi) is 7.69. The average Bonchev–Trinajstić information content (AvgIpc) is 3.01. The summed E-state index contributed by atoms with van der Waals surface area (Å²) in [5.41, 5.74) is 7.06. The van der Waals surface area contributed by atoms with Crippen LogP contribution in [0.1, 0.15) is 100.0 Å². The van der Waals surface area contributed by atoms with Gasteiger partial charge < -0.3 is 0 Å². The van der Waals surface area contributed by atoms with Crippen molar-refractivity contribution in [1.82, 2.24) is 9.66 Å². The lowest BCUT2D eigenvalue weighted by Gasteiger charge is -2.19. The van der Waals surface area contributed by atoms with Crippen molar-refractivity contribution in [2.45, 2.75) is 90.9 Å². The van der Waals surface area contributed by atoms with Crippen molar-refractivity contribution in [3.63, 3.8) is 0 Å². The topological polar surface area (TPSA) is 47.2 Å². The first-order chi connectivity index (χ1) is 16.7. The fourth-order valence-electron chi connectivity index (χ4n) is 4.75. The van der Waals surface area contributed by atoms with E-state index in [-0.39, 0.29) is 16.9 Å². The van der Waals surface area contributed by atoms with Gasteiger partial charge in [-0.3, -0.25) is 4.79 Å². The maximum Gasteiger partial charge on any atom is 0.274 e. The van der Waals surface area contributed by atoms with Crippen LogP contribution in [0.25, 0.3) is 0 Å². The van der Waals surface area contributed by atoms with Gasteiger partial charge in [0.1, 0.15) is 5.82 Å². The Morgan fingerprint density at radius 1 is 0.971 bits per heavy atom. The van der Waals surface area contributed by atoms with Crippen LogP contribution in [0, 0.1) is 0 Å². The fraction of sp³-hybridized carbons (Fsp3) is 0.452. The second kappa shape index (κ2) is 10.7. The van der Waals surface area contributed by atoms with Crippen LogP contribution in [-0.2, 0) is 24.7 Å². The molecule has 0 amide bonds. The van der Waals surface area contributed by atoms with E-state index < -0.39 is 0 Å². The van der Waals surface area contributed by atoms with Crippen LogP contribution in [0.4, 0.5) is 0 Å². The summed E-state index contributed by atoms with van der Waals surface area (Å²) in [6.45, 7) is 11.0. The zero-order valence-corrected chi connectivity index (χ0v) is 22.0. The van der Waals surface area contributed by atoms with E-state index in [9.17, 15) is 4.79 Å². The van der Waals surface area contributed by atoms with Gasteiger partial charge in [0.2, 0.25) is 0 Å². The van der Waals surface area contributed by atoms with Gasteiger partial charge in [-0.1, -0.05) is 83.1 Å². The molecule has 0 radical (unpaired) electrons. The van der Waals surface area contributed by atoms with Gasteiger partial charge in [-0.15, -0.1) is 0 Å². The highest BCUT2D eigenvalue weighted by Crippen LogP contribution is 2.26. The van der Waals surface area contributed by atoms with E-state index in [0.717, 1.165) is 67.7 Å². The molecule has 4 rings (SSSR count). The second-order valence-corrected chi connectivity index (χ2v) is 11.0. The minimum absolute atomic E-state index is 0.0711. The van der Waals surface area contributed by atoms with Crippen molar-refractivity contribution >= 4 is 5.71 Å². The number of hydrogen-bond acceptors (Lipinski definition) is 3. The third-order valence-electron chi connectivity index (χ3n) is 7.08. The van der Waals surface area contributed by atoms with Crippen molar-refractivity contribution < 1.29 is 0 Å². The van der Waals surface area contributed by atoms with Gasteiger partial charge in [0.05, 0.1) is 5.71 Å². The predicted molar refractivity (Wildman–Crippen MR) is 146 cm³/mol. The van der Waals surface area contributed by atoms with E-state index in [0.29, 0.717) is 0 Å². The molecule has 1 aromatic heterocycles. The van der Waals surface area contributed by atoms with Crippen LogP contribution in [-0.4, -0.2) is 15.4 Å². The highest BCUT2D eigenvalue weighted by molar-refractivity contribution is 6.00. The molecular formula is C31H39N3O. The molecule has 0 saturated carbocycles. The standard InChI is InChI=1S/C31H39N3O/c1-6-23-11-9-12-24(20-23)10-7-8-13-27-21-29(35)34-30(32-27)22(2)14-19-28(33-34)25-15-17-26(18-16-25)31(3,4)5/h9,11-12,15-18,20-22H,6-8,10,13-14,19H2,1-5H3. The summed E-state index contributed by atoms with van der Waals surface area (Å²) in [5, 5.41) is 4.80. The van der Waals surface area contributed by atoms with Crippen LogP contribution in [0.3, 0.4) is 0 Å². The van der Waals surface area contributed by atoms with Gasteiger partial charge in [0.15, 0.2) is 0 Å². The van der Waals surface area contributed by atoms with Gasteiger partial charge in [-0.05, 0) is 72.6 Å². The maximum atomic E-state index is 13.1. The Labute approximate surface area is 210 Å². The summed E-state index contributed by atoms with van der Waals surface area (Å²) in [6, 6.07) is 19.2. The quantitative estimate of drug-likeness (QED) is 0.357. The summed E-state index contributed by atoms with van der Waals surface area (Å²) in [6.07, 6.45) is 6.85. The molecule has 3 aromatic rings. The Balaban J connectivity index is 1.48. The van der Waals surface area contributed by atoms with Crippen molar-refractivity contribution in [2.24, 2.45) is 5.10 Å². The Bertz CT molecular complexity index is 1250. The molecular weight excluding hydrogens is 430 g/mol. The second-order valence-electron chi connectivity index (χ2n) is 11.0. The Morgan fingerprint density at radius 3 is 2.40 bits per heavy atom. The Hall–Kier alpha value is -3.01. The van der Waals surface area contributed by atoms with Crippen LogP contribution < -0.4 is 5.56 Å². The molecule has 4 nitrogen and oxygen atoms in total. The molecule has 2 heterocycles. The summed E-state index contributed by atoms with van der Waals surface area (Å²) in [4.78, 5) is 18.0. The minimum Gasteiger partial charge on any atom is -0.267 e. The van der Waals surface area contributed by atoms with Crippen LogP contribution in [0.15, 0.2) is 64.5 Å². The van der Waals surface area contributed by atoms with Crippen LogP contribution >= 0.6 is 0 Å². The van der Waals surface area contributed by atoms with E-state index in [1.165, 1.54) is 16.7 Å². The fourth-order valence-corrected chi connectivity index (χ4v) is 4.75. The number of aryl methyl sites for hydroxylation is 3. The molecule has 2 aromatic carbocycles. The molecule has 0 saturated heterocycles. The van der Waals surface area contributed by atoms with E-state index in [4.69, 9.17) is 10.1 Å². The number of hydrogen-bond donors (Lipinski definition) is 0. The van der Waals surface area contributed by atoms with Crippen molar-refractivity contribution in [2.75, 3.05) is 0 Å². The van der Waals surface area contributed by atoms with Crippen molar-refractivity contribution in [1.29, 1.82) is 0 Å². The summed E-state index contributed by atoms with van der Waals surface area (Å²) in [5.74, 6) is 0.985. The molecule has 1 unspecified atom stereocenters. The van der Waals surface area contributed by atoms with Gasteiger partial charge in [-0.25, -0.2) is 4.98 Å². The minimum atomic E-state index is -0.0711. The van der Waals surface area contributed by atoms with E-state index in [1.807, 2.05) is 0 Å². The first-order valence-electron chi connectivity index (χ1n) is 13.1. The maximum absolute atomic E-state index is 13.1. The summed E-state index contributed by atoms with van der Waals surface area (Å²) >= 11 is 0. The number of benzene rings is 2. The summed E-state index contributed by atoms with van der Waals surface area (Å²) < 4.78 is 1.55. The molecule has 35 heavy (non-hydrogen) atoms. The highest BCUT2D eigenvalue weighted by atomic mass is 16.1. The van der Waals surface area contributed by atoms with E-state index in [1.54, 1.807) is 10.7 Å². The molecule has 4 heteroatoms. The van der Waals surface area contributed by atoms with E-state index >= 15 is 0 Å².